The van der Waals surface area contributed by atoms with Crippen molar-refractivity contribution in [3.8, 4) is 11.5 Å². The molecule has 0 bridgehead atoms. The highest BCUT2D eigenvalue weighted by Gasteiger charge is 2.23. The molecule has 4 aromatic carbocycles. The summed E-state index contributed by atoms with van der Waals surface area (Å²) in [5.41, 5.74) is 7.15. The molecule has 2 aliphatic rings. The molecule has 6 rings (SSSR count). The molecule has 0 spiro atoms. The first-order valence-electron chi connectivity index (χ1n) is 25.4. The molecule has 0 atom stereocenters. The van der Waals surface area contributed by atoms with Crippen LogP contribution in [0.4, 0.5) is 17.6 Å². The fourth-order valence-electron chi connectivity index (χ4n) is 9.84. The van der Waals surface area contributed by atoms with Gasteiger partial charge < -0.3 is 9.47 Å². The minimum absolute atomic E-state index is 0.184. The summed E-state index contributed by atoms with van der Waals surface area (Å²) in [4.78, 5) is 0. The van der Waals surface area contributed by atoms with Crippen LogP contribution in [0, 0.1) is 11.8 Å². The minimum Gasteiger partial charge on any atom is -0.435 e. The van der Waals surface area contributed by atoms with Gasteiger partial charge in [0.05, 0.1) is 0 Å². The number of unbranched alkanes of at least 4 members (excludes halogenated alkanes) is 11. The molecule has 2 nitrogen and oxygen atoms in total. The third kappa shape index (κ3) is 20.4. The zero-order valence-corrected chi connectivity index (χ0v) is 39.6. The van der Waals surface area contributed by atoms with Gasteiger partial charge in [-0.05, 0) is 133 Å². The van der Waals surface area contributed by atoms with Crippen molar-refractivity contribution in [1.29, 1.82) is 0 Å². The molecule has 0 heterocycles. The average molecular weight is 895 g/mol. The Bertz CT molecular complexity index is 1870. The van der Waals surface area contributed by atoms with E-state index in [0.29, 0.717) is 11.8 Å². The van der Waals surface area contributed by atoms with E-state index in [9.17, 15) is 17.6 Å². The van der Waals surface area contributed by atoms with Gasteiger partial charge in [0.25, 0.3) is 0 Å². The topological polar surface area (TPSA) is 18.5 Å². The number of rotatable bonds is 25. The number of benzene rings is 4. The molecule has 2 aliphatic carbocycles. The van der Waals surface area contributed by atoms with Crippen molar-refractivity contribution in [2.75, 3.05) is 0 Å². The maximum Gasteiger partial charge on any atom is 0.387 e. The predicted molar refractivity (Wildman–Crippen MR) is 267 cm³/mol. The molecular formula is C59H78F4O2. The molecule has 6 heteroatoms. The van der Waals surface area contributed by atoms with Gasteiger partial charge in [-0.25, -0.2) is 0 Å². The Morgan fingerprint density at radius 2 is 0.662 bits per heavy atom. The van der Waals surface area contributed by atoms with Crippen LogP contribution in [0.25, 0.3) is 24.3 Å². The normalized spacial score (nSPS) is 18.9. The molecule has 2 saturated carbocycles. The lowest BCUT2D eigenvalue weighted by atomic mass is 9.77. The minimum atomic E-state index is -2.79. The summed E-state index contributed by atoms with van der Waals surface area (Å²) in [6.45, 7) is -1.01. The summed E-state index contributed by atoms with van der Waals surface area (Å²) in [6.07, 6.45) is 40.0. The molecule has 0 radical (unpaired) electrons. The largest absolute Gasteiger partial charge is 0.435 e. The highest BCUT2D eigenvalue weighted by Crippen LogP contribution is 2.39. The van der Waals surface area contributed by atoms with E-state index in [0.717, 1.165) is 34.1 Å². The van der Waals surface area contributed by atoms with E-state index in [2.05, 4.69) is 84.0 Å². The first kappa shape index (κ1) is 51.7. The standard InChI is InChI=1S/C30H40F2O.C29H38F2O/c1-2-3-4-5-6-7-8-9-24-12-18-27(19-13-24)28-20-14-25(15-21-28)10-11-26-16-22-29(23-17-26)33-30(31)32;1-2-3-4-5-6-7-8-23-11-17-26(18-12-23)27-19-13-24(14-20-27)9-10-25-15-21-28(22-16-25)32-29(30)31/h10-11,14-17,20-24,27,30H,2-9,12-13,18-19H2,1H3;9-10,13-16,19-23,26,29H,2-8,11-12,17-18H2,1H3. The van der Waals surface area contributed by atoms with Crippen LogP contribution in [0.3, 0.4) is 0 Å². The van der Waals surface area contributed by atoms with Gasteiger partial charge in [0.2, 0.25) is 0 Å². The average Bonchev–Trinajstić information content (AvgIpc) is 3.32. The molecule has 65 heavy (non-hydrogen) atoms. The lowest BCUT2D eigenvalue weighted by molar-refractivity contribution is -0.0505. The Balaban J connectivity index is 0.000000244. The number of hydrogen-bond donors (Lipinski definition) is 0. The van der Waals surface area contributed by atoms with Crippen molar-refractivity contribution < 1.29 is 27.0 Å². The molecule has 0 aliphatic heterocycles. The van der Waals surface area contributed by atoms with E-state index in [1.807, 2.05) is 12.2 Å². The summed E-state index contributed by atoms with van der Waals surface area (Å²) < 4.78 is 57.8. The van der Waals surface area contributed by atoms with Crippen molar-refractivity contribution in [3.05, 3.63) is 130 Å². The SMILES string of the molecule is CCCCCCCCC1CCC(c2ccc(C=Cc3ccc(OC(F)F)cc3)cc2)CC1.CCCCCCCCCC1CCC(c2ccc(C=Cc3ccc(OC(F)F)cc3)cc2)CC1. The van der Waals surface area contributed by atoms with Gasteiger partial charge in [-0.3, -0.25) is 0 Å². The smallest absolute Gasteiger partial charge is 0.387 e. The van der Waals surface area contributed by atoms with E-state index in [1.54, 1.807) is 48.5 Å². The maximum absolute atomic E-state index is 12.2. The van der Waals surface area contributed by atoms with Gasteiger partial charge in [0, 0.05) is 0 Å². The van der Waals surface area contributed by atoms with Gasteiger partial charge in [0.15, 0.2) is 0 Å². The van der Waals surface area contributed by atoms with Crippen LogP contribution in [0.1, 0.15) is 207 Å². The molecule has 354 valence electrons. The Morgan fingerprint density at radius 1 is 0.385 bits per heavy atom. The molecule has 0 N–H and O–H groups in total. The Labute approximate surface area is 390 Å². The number of hydrogen-bond acceptors (Lipinski definition) is 2. The zero-order chi connectivity index (χ0) is 45.9. The predicted octanol–water partition coefficient (Wildman–Crippen LogP) is 19.4. The van der Waals surface area contributed by atoms with Crippen LogP contribution in [0.5, 0.6) is 11.5 Å². The fourth-order valence-corrected chi connectivity index (χ4v) is 9.84. The van der Waals surface area contributed by atoms with Crippen LogP contribution in [-0.4, -0.2) is 13.2 Å². The molecule has 0 amide bonds. The van der Waals surface area contributed by atoms with Gasteiger partial charge in [-0.1, -0.05) is 207 Å². The monoisotopic (exact) mass is 895 g/mol. The number of ether oxygens (including phenoxy) is 2. The van der Waals surface area contributed by atoms with Gasteiger partial charge in [-0.15, -0.1) is 0 Å². The highest BCUT2D eigenvalue weighted by atomic mass is 19.3. The van der Waals surface area contributed by atoms with E-state index in [1.165, 1.54) is 159 Å². The summed E-state index contributed by atoms with van der Waals surface area (Å²) in [5, 5.41) is 0. The summed E-state index contributed by atoms with van der Waals surface area (Å²) in [7, 11) is 0. The highest BCUT2D eigenvalue weighted by molar-refractivity contribution is 5.70. The lowest BCUT2D eigenvalue weighted by Gasteiger charge is -2.29. The van der Waals surface area contributed by atoms with Crippen molar-refractivity contribution in [1.82, 2.24) is 0 Å². The Hall–Kier alpha value is -4.32. The van der Waals surface area contributed by atoms with Crippen molar-refractivity contribution in [2.45, 2.75) is 187 Å². The summed E-state index contributed by atoms with van der Waals surface area (Å²) in [5.74, 6) is 3.66. The first-order valence-corrected chi connectivity index (χ1v) is 25.4. The molecule has 2 fully saturated rings. The quantitative estimate of drug-likeness (QED) is 0.0375. The zero-order valence-electron chi connectivity index (χ0n) is 39.6. The fraction of sp³-hybridized carbons (Fsp3) is 0.525. The Morgan fingerprint density at radius 3 is 0.954 bits per heavy atom. The molecule has 0 unspecified atom stereocenters. The third-order valence-corrected chi connectivity index (χ3v) is 13.8. The molecule has 4 aromatic rings. The van der Waals surface area contributed by atoms with E-state index < -0.39 is 13.2 Å². The van der Waals surface area contributed by atoms with Crippen LogP contribution < -0.4 is 9.47 Å². The second kappa shape index (κ2) is 30.1. The molecule has 0 saturated heterocycles. The summed E-state index contributed by atoms with van der Waals surface area (Å²) in [6, 6.07) is 31.3. The summed E-state index contributed by atoms with van der Waals surface area (Å²) >= 11 is 0. The van der Waals surface area contributed by atoms with E-state index >= 15 is 0 Å². The number of alkyl halides is 4. The molecule has 0 aromatic heterocycles. The van der Waals surface area contributed by atoms with Crippen molar-refractivity contribution in [2.24, 2.45) is 11.8 Å². The van der Waals surface area contributed by atoms with Crippen LogP contribution in [0.2, 0.25) is 0 Å². The van der Waals surface area contributed by atoms with Gasteiger partial charge in [0.1, 0.15) is 11.5 Å². The second-order valence-electron chi connectivity index (χ2n) is 18.8. The lowest BCUT2D eigenvalue weighted by Crippen LogP contribution is -2.13. The van der Waals surface area contributed by atoms with Gasteiger partial charge >= 0.3 is 13.2 Å². The Kier molecular flexibility index (Phi) is 23.9. The maximum atomic E-state index is 12.2. The van der Waals surface area contributed by atoms with Crippen molar-refractivity contribution in [3.63, 3.8) is 0 Å². The van der Waals surface area contributed by atoms with Crippen LogP contribution in [0.15, 0.2) is 97.1 Å². The number of halogens is 4. The third-order valence-electron chi connectivity index (χ3n) is 13.8. The second-order valence-corrected chi connectivity index (χ2v) is 18.8. The van der Waals surface area contributed by atoms with Crippen LogP contribution >= 0.6 is 0 Å². The van der Waals surface area contributed by atoms with E-state index in [4.69, 9.17) is 0 Å². The molecular weight excluding hydrogens is 817 g/mol. The van der Waals surface area contributed by atoms with Crippen LogP contribution in [-0.2, 0) is 0 Å². The van der Waals surface area contributed by atoms with E-state index in [-0.39, 0.29) is 11.5 Å². The van der Waals surface area contributed by atoms with Crippen molar-refractivity contribution >= 4 is 24.3 Å². The van der Waals surface area contributed by atoms with Gasteiger partial charge in [-0.2, -0.15) is 17.6 Å². The first-order chi connectivity index (χ1) is 31.8.